The van der Waals surface area contributed by atoms with Gasteiger partial charge in [-0.05, 0) is 12.3 Å². The lowest BCUT2D eigenvalue weighted by atomic mass is 9.89. The van der Waals surface area contributed by atoms with Gasteiger partial charge in [-0.1, -0.05) is 52.4 Å². The van der Waals surface area contributed by atoms with E-state index >= 15 is 0 Å². The second kappa shape index (κ2) is 10.8. The first kappa shape index (κ1) is 17.9. The van der Waals surface area contributed by atoms with Gasteiger partial charge in [0.05, 0.1) is 14.2 Å². The average molecular weight is 272 g/mol. The van der Waals surface area contributed by atoms with Gasteiger partial charge >= 0.3 is 11.9 Å². The molecule has 0 saturated heterocycles. The van der Waals surface area contributed by atoms with Crippen LogP contribution in [0.3, 0.4) is 0 Å². The molecule has 0 spiro atoms. The van der Waals surface area contributed by atoms with Crippen molar-refractivity contribution >= 4 is 11.9 Å². The summed E-state index contributed by atoms with van der Waals surface area (Å²) in [5.74, 6) is -1.81. The summed E-state index contributed by atoms with van der Waals surface area (Å²) in [5, 5.41) is 0. The molecule has 0 N–H and O–H groups in total. The van der Waals surface area contributed by atoms with Crippen LogP contribution in [-0.4, -0.2) is 26.2 Å². The number of hydrogen-bond acceptors (Lipinski definition) is 4. The van der Waals surface area contributed by atoms with E-state index in [1.807, 2.05) is 6.92 Å². The number of carbonyl (C=O) groups is 2. The van der Waals surface area contributed by atoms with Gasteiger partial charge in [0.2, 0.25) is 0 Å². The number of carbonyl (C=O) groups excluding carboxylic acids is 2. The van der Waals surface area contributed by atoms with E-state index in [9.17, 15) is 9.59 Å². The molecule has 1 atom stereocenters. The second-order valence-electron chi connectivity index (χ2n) is 5.06. The summed E-state index contributed by atoms with van der Waals surface area (Å²) in [5.41, 5.74) is 0. The minimum Gasteiger partial charge on any atom is -0.468 e. The highest BCUT2D eigenvalue weighted by atomic mass is 16.5. The third-order valence-corrected chi connectivity index (χ3v) is 3.49. The number of ether oxygens (including phenoxy) is 2. The highest BCUT2D eigenvalue weighted by molar-refractivity contribution is 5.95. The van der Waals surface area contributed by atoms with Crippen LogP contribution in [0.5, 0.6) is 0 Å². The number of esters is 2. The minimum atomic E-state index is -0.786. The van der Waals surface area contributed by atoms with Crippen molar-refractivity contribution < 1.29 is 19.1 Å². The summed E-state index contributed by atoms with van der Waals surface area (Å²) >= 11 is 0. The van der Waals surface area contributed by atoms with E-state index in [0.717, 1.165) is 19.3 Å². The highest BCUT2D eigenvalue weighted by Gasteiger charge is 2.33. The van der Waals surface area contributed by atoms with Gasteiger partial charge in [-0.25, -0.2) is 0 Å². The molecular weight excluding hydrogens is 244 g/mol. The van der Waals surface area contributed by atoms with Crippen LogP contribution in [-0.2, 0) is 19.1 Å². The first-order chi connectivity index (χ1) is 9.08. The van der Waals surface area contributed by atoms with Gasteiger partial charge in [0.25, 0.3) is 0 Å². The lowest BCUT2D eigenvalue weighted by Crippen LogP contribution is -2.32. The van der Waals surface area contributed by atoms with Crippen molar-refractivity contribution in [3.63, 3.8) is 0 Å². The fourth-order valence-electron chi connectivity index (χ4n) is 2.23. The predicted molar refractivity (Wildman–Crippen MR) is 74.7 cm³/mol. The second-order valence-corrected chi connectivity index (χ2v) is 5.06. The van der Waals surface area contributed by atoms with E-state index < -0.39 is 17.9 Å². The zero-order valence-corrected chi connectivity index (χ0v) is 12.7. The molecule has 112 valence electrons. The fraction of sp³-hybridized carbons (Fsp3) is 0.867. The number of hydrogen-bond donors (Lipinski definition) is 0. The maximum absolute atomic E-state index is 11.6. The molecule has 4 nitrogen and oxygen atoms in total. The van der Waals surface area contributed by atoms with Crippen LogP contribution < -0.4 is 0 Å². The van der Waals surface area contributed by atoms with E-state index in [4.69, 9.17) is 0 Å². The zero-order valence-electron chi connectivity index (χ0n) is 12.7. The van der Waals surface area contributed by atoms with E-state index in [-0.39, 0.29) is 5.92 Å². The number of methoxy groups -OCH3 is 2. The average Bonchev–Trinajstić information content (AvgIpc) is 2.42. The molecule has 0 heterocycles. The van der Waals surface area contributed by atoms with Crippen molar-refractivity contribution in [1.29, 1.82) is 0 Å². The molecule has 4 heteroatoms. The van der Waals surface area contributed by atoms with Crippen LogP contribution in [0.4, 0.5) is 0 Å². The molecule has 0 aromatic heterocycles. The Kier molecular flexibility index (Phi) is 10.2. The van der Waals surface area contributed by atoms with Crippen molar-refractivity contribution in [3.05, 3.63) is 0 Å². The van der Waals surface area contributed by atoms with Gasteiger partial charge in [0, 0.05) is 0 Å². The van der Waals surface area contributed by atoms with E-state index in [1.165, 1.54) is 39.9 Å². The van der Waals surface area contributed by atoms with Gasteiger partial charge in [-0.3, -0.25) is 9.59 Å². The normalized spacial score (nSPS) is 12.3. The Morgan fingerprint density at radius 1 is 0.895 bits per heavy atom. The summed E-state index contributed by atoms with van der Waals surface area (Å²) in [4.78, 5) is 23.2. The Bertz CT molecular complexity index is 247. The van der Waals surface area contributed by atoms with Crippen LogP contribution in [0.2, 0.25) is 0 Å². The minimum absolute atomic E-state index is 0.0360. The third kappa shape index (κ3) is 7.19. The molecular formula is C15H28O4. The molecule has 0 rings (SSSR count). The SMILES string of the molecule is CCCCCCCCC(C)C(C(=O)OC)C(=O)OC. The van der Waals surface area contributed by atoms with Gasteiger partial charge in [0.1, 0.15) is 0 Å². The van der Waals surface area contributed by atoms with Crippen molar-refractivity contribution in [2.75, 3.05) is 14.2 Å². The van der Waals surface area contributed by atoms with Crippen LogP contribution in [0, 0.1) is 11.8 Å². The first-order valence-corrected chi connectivity index (χ1v) is 7.24. The van der Waals surface area contributed by atoms with Gasteiger partial charge in [-0.15, -0.1) is 0 Å². The van der Waals surface area contributed by atoms with E-state index in [1.54, 1.807) is 0 Å². The van der Waals surface area contributed by atoms with Crippen LogP contribution >= 0.6 is 0 Å². The first-order valence-electron chi connectivity index (χ1n) is 7.24. The summed E-state index contributed by atoms with van der Waals surface area (Å²) in [6, 6.07) is 0. The molecule has 0 bridgehead atoms. The fourth-order valence-corrected chi connectivity index (χ4v) is 2.23. The Balaban J connectivity index is 4.08. The monoisotopic (exact) mass is 272 g/mol. The molecule has 0 fully saturated rings. The van der Waals surface area contributed by atoms with Crippen LogP contribution in [0.25, 0.3) is 0 Å². The van der Waals surface area contributed by atoms with Crippen molar-refractivity contribution in [3.8, 4) is 0 Å². The highest BCUT2D eigenvalue weighted by Crippen LogP contribution is 2.22. The van der Waals surface area contributed by atoms with Crippen molar-refractivity contribution in [2.45, 2.75) is 58.8 Å². The topological polar surface area (TPSA) is 52.6 Å². The van der Waals surface area contributed by atoms with Gasteiger partial charge in [-0.2, -0.15) is 0 Å². The molecule has 0 aromatic rings. The molecule has 0 saturated carbocycles. The maximum Gasteiger partial charge on any atom is 0.320 e. The molecule has 0 aromatic carbocycles. The zero-order chi connectivity index (χ0) is 14.7. The van der Waals surface area contributed by atoms with Crippen LogP contribution in [0.1, 0.15) is 58.8 Å². The maximum atomic E-state index is 11.6. The van der Waals surface area contributed by atoms with Crippen molar-refractivity contribution in [2.24, 2.45) is 11.8 Å². The standard InChI is InChI=1S/C15H28O4/c1-5-6-7-8-9-10-11-12(2)13(14(16)18-3)15(17)19-4/h12-13H,5-11H2,1-4H3. The van der Waals surface area contributed by atoms with Crippen LogP contribution in [0.15, 0.2) is 0 Å². The van der Waals surface area contributed by atoms with Crippen molar-refractivity contribution in [1.82, 2.24) is 0 Å². The Hall–Kier alpha value is -1.06. The van der Waals surface area contributed by atoms with E-state index in [2.05, 4.69) is 16.4 Å². The summed E-state index contributed by atoms with van der Waals surface area (Å²) < 4.78 is 9.35. The van der Waals surface area contributed by atoms with E-state index in [0.29, 0.717) is 0 Å². The number of unbranched alkanes of at least 4 members (excludes halogenated alkanes) is 5. The number of rotatable bonds is 10. The Morgan fingerprint density at radius 3 is 1.84 bits per heavy atom. The molecule has 19 heavy (non-hydrogen) atoms. The molecule has 0 aliphatic rings. The largest absolute Gasteiger partial charge is 0.468 e. The Morgan fingerprint density at radius 2 is 1.37 bits per heavy atom. The lowest BCUT2D eigenvalue weighted by Gasteiger charge is -2.19. The predicted octanol–water partition coefficient (Wildman–Crippen LogP) is 3.34. The molecule has 0 radical (unpaired) electrons. The van der Waals surface area contributed by atoms with Gasteiger partial charge in [0.15, 0.2) is 5.92 Å². The smallest absolute Gasteiger partial charge is 0.320 e. The molecule has 0 aliphatic carbocycles. The summed E-state index contributed by atoms with van der Waals surface area (Å²) in [7, 11) is 2.60. The van der Waals surface area contributed by atoms with Gasteiger partial charge < -0.3 is 9.47 Å². The lowest BCUT2D eigenvalue weighted by molar-refractivity contribution is -0.161. The summed E-state index contributed by atoms with van der Waals surface area (Å²) in [6.45, 7) is 4.10. The Labute approximate surface area is 116 Å². The molecule has 0 aliphatic heterocycles. The molecule has 1 unspecified atom stereocenters. The summed E-state index contributed by atoms with van der Waals surface area (Å²) in [6.07, 6.45) is 8.05. The quantitative estimate of drug-likeness (QED) is 0.348. The third-order valence-electron chi connectivity index (χ3n) is 3.49. The molecule has 0 amide bonds.